The fraction of sp³-hybridized carbons (Fsp3) is 0.125. The van der Waals surface area contributed by atoms with Crippen LogP contribution >= 0.6 is 11.6 Å². The van der Waals surface area contributed by atoms with Crippen LogP contribution < -0.4 is 4.72 Å². The van der Waals surface area contributed by atoms with Crippen molar-refractivity contribution in [3.63, 3.8) is 0 Å². The number of phenols is 1. The van der Waals surface area contributed by atoms with E-state index in [0.717, 1.165) is 0 Å². The van der Waals surface area contributed by atoms with Crippen molar-refractivity contribution in [2.45, 2.75) is 18.2 Å². The number of hydrogen-bond acceptors (Lipinski definition) is 6. The number of rotatable bonds is 5. The third-order valence-corrected chi connectivity index (χ3v) is 5.00. The van der Waals surface area contributed by atoms with Gasteiger partial charge in [-0.2, -0.15) is 4.98 Å². The average Bonchev–Trinajstić information content (AvgIpc) is 3.06. The number of nitrogens with one attached hydrogen (secondary N) is 1. The second-order valence-electron chi connectivity index (χ2n) is 5.16. The van der Waals surface area contributed by atoms with E-state index >= 15 is 0 Å². The van der Waals surface area contributed by atoms with E-state index < -0.39 is 10.0 Å². The van der Waals surface area contributed by atoms with Crippen LogP contribution in [0.15, 0.2) is 51.9 Å². The lowest BCUT2D eigenvalue weighted by Crippen LogP contribution is -2.13. The number of halogens is 1. The largest absolute Gasteiger partial charge is 0.507 e. The van der Waals surface area contributed by atoms with Gasteiger partial charge >= 0.3 is 0 Å². The molecule has 3 rings (SSSR count). The van der Waals surface area contributed by atoms with Crippen LogP contribution in [0, 0.1) is 0 Å². The molecule has 0 unspecified atom stereocenters. The summed E-state index contributed by atoms with van der Waals surface area (Å²) in [5.74, 6) is 0.465. The quantitative estimate of drug-likeness (QED) is 0.703. The molecule has 1 aromatic heterocycles. The summed E-state index contributed by atoms with van der Waals surface area (Å²) < 4.78 is 32.4. The number of benzene rings is 2. The van der Waals surface area contributed by atoms with Crippen LogP contribution in [0.25, 0.3) is 11.4 Å². The topological polar surface area (TPSA) is 105 Å². The van der Waals surface area contributed by atoms with Crippen molar-refractivity contribution in [1.29, 1.82) is 0 Å². The summed E-state index contributed by atoms with van der Waals surface area (Å²) >= 11 is 5.82. The second-order valence-corrected chi connectivity index (χ2v) is 7.25. The van der Waals surface area contributed by atoms with E-state index in [1.54, 1.807) is 24.3 Å². The SMILES string of the molecule is CCc1nc(-c2cccc(NS(=O)(=O)c3cc(Cl)ccc3O)c2)no1. The molecule has 25 heavy (non-hydrogen) atoms. The number of phenolic OH excluding ortho intramolecular Hbond substituents is 1. The van der Waals surface area contributed by atoms with Gasteiger partial charge in [0.05, 0.1) is 0 Å². The molecule has 0 aliphatic carbocycles. The summed E-state index contributed by atoms with van der Waals surface area (Å²) in [7, 11) is -4.01. The first-order valence-corrected chi connectivity index (χ1v) is 9.19. The van der Waals surface area contributed by atoms with Crippen molar-refractivity contribution < 1.29 is 18.0 Å². The monoisotopic (exact) mass is 379 g/mol. The van der Waals surface area contributed by atoms with Gasteiger partial charge in [-0.25, -0.2) is 8.42 Å². The highest BCUT2D eigenvalue weighted by Gasteiger charge is 2.20. The van der Waals surface area contributed by atoms with Crippen molar-refractivity contribution in [3.05, 3.63) is 53.4 Å². The molecule has 2 N–H and O–H groups in total. The van der Waals surface area contributed by atoms with Gasteiger partial charge in [-0.15, -0.1) is 0 Å². The Hall–Kier alpha value is -2.58. The number of aromatic nitrogens is 2. The van der Waals surface area contributed by atoms with Crippen LogP contribution in [0.5, 0.6) is 5.75 Å². The van der Waals surface area contributed by atoms with E-state index in [2.05, 4.69) is 14.9 Å². The number of sulfonamides is 1. The van der Waals surface area contributed by atoms with Crippen LogP contribution in [0.1, 0.15) is 12.8 Å². The molecule has 7 nitrogen and oxygen atoms in total. The molecule has 9 heteroatoms. The first-order chi connectivity index (χ1) is 11.9. The Morgan fingerprint density at radius 1 is 1.24 bits per heavy atom. The van der Waals surface area contributed by atoms with E-state index in [4.69, 9.17) is 16.1 Å². The van der Waals surface area contributed by atoms with Gasteiger partial charge in [0.15, 0.2) is 0 Å². The third kappa shape index (κ3) is 3.75. The fourth-order valence-electron chi connectivity index (χ4n) is 2.15. The zero-order valence-electron chi connectivity index (χ0n) is 13.1. The van der Waals surface area contributed by atoms with E-state index in [-0.39, 0.29) is 15.7 Å². The highest BCUT2D eigenvalue weighted by atomic mass is 35.5. The normalized spacial score (nSPS) is 11.4. The zero-order valence-corrected chi connectivity index (χ0v) is 14.7. The summed E-state index contributed by atoms with van der Waals surface area (Å²) in [5, 5.41) is 13.9. The molecule has 130 valence electrons. The number of anilines is 1. The van der Waals surface area contributed by atoms with Gasteiger partial charge in [0, 0.05) is 22.7 Å². The van der Waals surface area contributed by atoms with Crippen molar-refractivity contribution in [2.24, 2.45) is 0 Å². The molecule has 0 amide bonds. The molecule has 0 bridgehead atoms. The molecule has 0 atom stereocenters. The van der Waals surface area contributed by atoms with E-state index in [0.29, 0.717) is 29.4 Å². The zero-order chi connectivity index (χ0) is 18.0. The Labute approximate surface area is 149 Å². The fourth-order valence-corrected chi connectivity index (χ4v) is 3.56. The Balaban J connectivity index is 1.92. The molecule has 0 aliphatic heterocycles. The van der Waals surface area contributed by atoms with Crippen molar-refractivity contribution >= 4 is 27.3 Å². The van der Waals surface area contributed by atoms with Gasteiger partial charge in [-0.3, -0.25) is 4.72 Å². The van der Waals surface area contributed by atoms with Crippen LogP contribution in [-0.2, 0) is 16.4 Å². The third-order valence-electron chi connectivity index (χ3n) is 3.35. The number of nitrogens with zero attached hydrogens (tertiary/aromatic N) is 2. The van der Waals surface area contributed by atoms with Crippen LogP contribution in [-0.4, -0.2) is 23.7 Å². The maximum absolute atomic E-state index is 12.5. The smallest absolute Gasteiger partial charge is 0.265 e. The van der Waals surface area contributed by atoms with Gasteiger partial charge in [-0.1, -0.05) is 35.8 Å². The summed E-state index contributed by atoms with van der Waals surface area (Å²) in [6.07, 6.45) is 0.605. The molecule has 0 fully saturated rings. The molecule has 0 saturated heterocycles. The van der Waals surface area contributed by atoms with Crippen molar-refractivity contribution in [3.8, 4) is 17.1 Å². The predicted octanol–water partition coefficient (Wildman–Crippen LogP) is 3.46. The summed E-state index contributed by atoms with van der Waals surface area (Å²) in [6, 6.07) is 10.3. The Bertz CT molecular complexity index is 1020. The summed E-state index contributed by atoms with van der Waals surface area (Å²) in [4.78, 5) is 3.90. The molecule has 1 heterocycles. The average molecular weight is 380 g/mol. The lowest BCUT2D eigenvalue weighted by Gasteiger charge is -2.10. The number of aryl methyl sites for hydroxylation is 1. The summed E-state index contributed by atoms with van der Waals surface area (Å²) in [5.41, 5.74) is 0.888. The lowest BCUT2D eigenvalue weighted by atomic mass is 10.2. The number of hydrogen-bond donors (Lipinski definition) is 2. The Kier molecular flexibility index (Phi) is 4.65. The van der Waals surface area contributed by atoms with E-state index in [1.807, 2.05) is 6.92 Å². The van der Waals surface area contributed by atoms with Gasteiger partial charge in [0.2, 0.25) is 11.7 Å². The standard InChI is InChI=1S/C16H14ClN3O4S/c1-2-15-18-16(19-24-15)10-4-3-5-12(8-10)20-25(22,23)14-9-11(17)6-7-13(14)21/h3-9,20-21H,2H2,1H3. The Morgan fingerprint density at radius 3 is 2.76 bits per heavy atom. The molecule has 0 radical (unpaired) electrons. The van der Waals surface area contributed by atoms with Crippen molar-refractivity contribution in [1.82, 2.24) is 10.1 Å². The minimum Gasteiger partial charge on any atom is -0.507 e. The summed E-state index contributed by atoms with van der Waals surface area (Å²) in [6.45, 7) is 1.89. The molecule has 2 aromatic carbocycles. The van der Waals surface area contributed by atoms with Crippen LogP contribution in [0.4, 0.5) is 5.69 Å². The van der Waals surface area contributed by atoms with E-state index in [1.165, 1.54) is 18.2 Å². The minimum absolute atomic E-state index is 0.200. The lowest BCUT2D eigenvalue weighted by molar-refractivity contribution is 0.383. The van der Waals surface area contributed by atoms with Crippen molar-refractivity contribution in [2.75, 3.05) is 4.72 Å². The predicted molar refractivity (Wildman–Crippen MR) is 93.0 cm³/mol. The van der Waals surface area contributed by atoms with Crippen LogP contribution in [0.3, 0.4) is 0 Å². The molecule has 0 spiro atoms. The van der Waals surface area contributed by atoms with E-state index in [9.17, 15) is 13.5 Å². The molecular weight excluding hydrogens is 366 g/mol. The van der Waals surface area contributed by atoms with Crippen LogP contribution in [0.2, 0.25) is 5.02 Å². The van der Waals surface area contributed by atoms with Gasteiger partial charge < -0.3 is 9.63 Å². The highest BCUT2D eigenvalue weighted by molar-refractivity contribution is 7.92. The maximum atomic E-state index is 12.5. The molecule has 3 aromatic rings. The first kappa shape index (κ1) is 17.2. The second kappa shape index (κ2) is 6.73. The molecule has 0 aliphatic rings. The molecule has 0 saturated carbocycles. The minimum atomic E-state index is -4.01. The van der Waals surface area contributed by atoms with Gasteiger partial charge in [-0.05, 0) is 30.3 Å². The number of aromatic hydroxyl groups is 1. The Morgan fingerprint density at radius 2 is 2.04 bits per heavy atom. The molecular formula is C16H14ClN3O4S. The highest BCUT2D eigenvalue weighted by Crippen LogP contribution is 2.28. The maximum Gasteiger partial charge on any atom is 0.265 e. The van der Waals surface area contributed by atoms with Gasteiger partial charge in [0.25, 0.3) is 10.0 Å². The first-order valence-electron chi connectivity index (χ1n) is 7.33. The van der Waals surface area contributed by atoms with Gasteiger partial charge in [0.1, 0.15) is 10.6 Å².